The molecule has 0 atom stereocenters. The van der Waals surface area contributed by atoms with E-state index in [1.165, 1.54) is 6.92 Å². The lowest BCUT2D eigenvalue weighted by Crippen LogP contribution is -2.43. The van der Waals surface area contributed by atoms with Gasteiger partial charge >= 0.3 is 0 Å². The van der Waals surface area contributed by atoms with E-state index in [1.807, 2.05) is 30.3 Å². The van der Waals surface area contributed by atoms with E-state index >= 15 is 0 Å². The maximum atomic E-state index is 13.2. The molecule has 1 saturated heterocycles. The van der Waals surface area contributed by atoms with E-state index in [1.54, 1.807) is 30.3 Å². The number of carbonyl (C=O) groups is 1. The lowest BCUT2D eigenvalue weighted by Gasteiger charge is -2.30. The highest BCUT2D eigenvalue weighted by Gasteiger charge is 2.21. The molecule has 4 rings (SSSR count). The molecule has 1 amide bonds. The Morgan fingerprint density at radius 1 is 0.933 bits per heavy atom. The number of carbonyl (C=O) groups excluding carboxylic acids is 1. The minimum atomic E-state index is -3.83. The second-order valence-corrected chi connectivity index (χ2v) is 8.88. The Kier molecular flexibility index (Phi) is 5.61. The first-order valence-corrected chi connectivity index (χ1v) is 11.3. The minimum Gasteiger partial charge on any atom is -0.368 e. The Bertz CT molecular complexity index is 1190. The summed E-state index contributed by atoms with van der Waals surface area (Å²) < 4.78 is 29.1. The SMILES string of the molecule is CC(=O)Nc1cccc(NS(=O)(=O)c2ccc(N3CCNCC3)c3ccccc23)c1. The molecule has 3 N–H and O–H groups in total. The molecular weight excluding hydrogens is 400 g/mol. The quantitative estimate of drug-likeness (QED) is 0.586. The molecule has 3 aromatic carbocycles. The van der Waals surface area contributed by atoms with E-state index in [2.05, 4.69) is 20.3 Å². The van der Waals surface area contributed by atoms with Crippen molar-refractivity contribution in [2.75, 3.05) is 41.1 Å². The van der Waals surface area contributed by atoms with Crippen LogP contribution in [-0.2, 0) is 14.8 Å². The van der Waals surface area contributed by atoms with Crippen molar-refractivity contribution in [1.82, 2.24) is 5.32 Å². The number of amides is 1. The van der Waals surface area contributed by atoms with Gasteiger partial charge in [0.15, 0.2) is 0 Å². The van der Waals surface area contributed by atoms with Crippen molar-refractivity contribution in [3.63, 3.8) is 0 Å². The van der Waals surface area contributed by atoms with Crippen LogP contribution in [0, 0.1) is 0 Å². The highest BCUT2D eigenvalue weighted by molar-refractivity contribution is 7.93. The molecule has 0 radical (unpaired) electrons. The molecule has 1 aliphatic heterocycles. The van der Waals surface area contributed by atoms with Crippen LogP contribution in [0.1, 0.15) is 6.92 Å². The van der Waals surface area contributed by atoms with Crippen molar-refractivity contribution in [3.8, 4) is 0 Å². The van der Waals surface area contributed by atoms with Crippen molar-refractivity contribution in [2.24, 2.45) is 0 Å². The molecule has 3 aromatic rings. The zero-order valence-corrected chi connectivity index (χ0v) is 17.5. The Balaban J connectivity index is 1.71. The van der Waals surface area contributed by atoms with Gasteiger partial charge in [0.05, 0.1) is 10.6 Å². The summed E-state index contributed by atoms with van der Waals surface area (Å²) in [5.41, 5.74) is 1.96. The highest BCUT2D eigenvalue weighted by Crippen LogP contribution is 2.33. The number of benzene rings is 3. The topological polar surface area (TPSA) is 90.5 Å². The van der Waals surface area contributed by atoms with Gasteiger partial charge < -0.3 is 15.5 Å². The van der Waals surface area contributed by atoms with Crippen molar-refractivity contribution >= 4 is 43.8 Å². The van der Waals surface area contributed by atoms with Crippen molar-refractivity contribution in [1.29, 1.82) is 0 Å². The molecule has 8 heteroatoms. The van der Waals surface area contributed by atoms with Gasteiger partial charge in [-0.3, -0.25) is 9.52 Å². The van der Waals surface area contributed by atoms with Crippen molar-refractivity contribution < 1.29 is 13.2 Å². The minimum absolute atomic E-state index is 0.218. The van der Waals surface area contributed by atoms with Crippen LogP contribution in [0.3, 0.4) is 0 Å². The fourth-order valence-electron chi connectivity index (χ4n) is 3.75. The average Bonchev–Trinajstić information content (AvgIpc) is 2.73. The lowest BCUT2D eigenvalue weighted by molar-refractivity contribution is -0.114. The van der Waals surface area contributed by atoms with Crippen LogP contribution < -0.4 is 20.3 Å². The van der Waals surface area contributed by atoms with E-state index < -0.39 is 10.0 Å². The van der Waals surface area contributed by atoms with E-state index in [4.69, 9.17) is 0 Å². The molecule has 0 aliphatic carbocycles. The summed E-state index contributed by atoms with van der Waals surface area (Å²) in [5, 5.41) is 7.59. The molecule has 0 bridgehead atoms. The fourth-order valence-corrected chi connectivity index (χ4v) is 5.01. The molecule has 0 spiro atoms. The summed E-state index contributed by atoms with van der Waals surface area (Å²) in [5.74, 6) is -0.218. The van der Waals surface area contributed by atoms with Gasteiger partial charge in [0.2, 0.25) is 5.91 Å². The highest BCUT2D eigenvalue weighted by atomic mass is 32.2. The monoisotopic (exact) mass is 424 g/mol. The van der Waals surface area contributed by atoms with Crippen LogP contribution in [0.25, 0.3) is 10.8 Å². The van der Waals surface area contributed by atoms with Gasteiger partial charge in [-0.1, -0.05) is 30.3 Å². The Morgan fingerprint density at radius 2 is 1.63 bits per heavy atom. The van der Waals surface area contributed by atoms with Crippen molar-refractivity contribution in [3.05, 3.63) is 60.7 Å². The maximum absolute atomic E-state index is 13.2. The summed E-state index contributed by atoms with van der Waals surface area (Å²) in [6, 6.07) is 17.8. The molecule has 1 aliphatic rings. The molecule has 30 heavy (non-hydrogen) atoms. The van der Waals surface area contributed by atoms with Gasteiger partial charge in [0, 0.05) is 55.2 Å². The van der Waals surface area contributed by atoms with E-state index in [0.717, 1.165) is 37.3 Å². The summed E-state index contributed by atoms with van der Waals surface area (Å²) in [6.07, 6.45) is 0. The summed E-state index contributed by atoms with van der Waals surface area (Å²) in [4.78, 5) is 13.8. The summed E-state index contributed by atoms with van der Waals surface area (Å²) >= 11 is 0. The number of nitrogens with zero attached hydrogens (tertiary/aromatic N) is 1. The van der Waals surface area contributed by atoms with Crippen LogP contribution in [0.5, 0.6) is 0 Å². The predicted molar refractivity (Wildman–Crippen MR) is 121 cm³/mol. The van der Waals surface area contributed by atoms with Gasteiger partial charge in [-0.25, -0.2) is 8.42 Å². The first-order valence-electron chi connectivity index (χ1n) is 9.82. The van der Waals surface area contributed by atoms with Crippen LogP contribution in [-0.4, -0.2) is 40.5 Å². The van der Waals surface area contributed by atoms with Crippen molar-refractivity contribution in [2.45, 2.75) is 11.8 Å². The molecule has 7 nitrogen and oxygen atoms in total. The van der Waals surface area contributed by atoms with E-state index in [9.17, 15) is 13.2 Å². The fraction of sp³-hybridized carbons (Fsp3) is 0.227. The number of rotatable bonds is 5. The second kappa shape index (κ2) is 8.33. The molecule has 0 saturated carbocycles. The average molecular weight is 425 g/mol. The van der Waals surface area contributed by atoms with Crippen LogP contribution in [0.4, 0.5) is 17.1 Å². The molecule has 1 heterocycles. The third kappa shape index (κ3) is 4.24. The number of anilines is 3. The molecule has 1 fully saturated rings. The number of fused-ring (bicyclic) bond motifs is 1. The number of piperazine rings is 1. The van der Waals surface area contributed by atoms with E-state index in [-0.39, 0.29) is 10.8 Å². The second-order valence-electron chi connectivity index (χ2n) is 7.23. The number of hydrogen-bond donors (Lipinski definition) is 3. The van der Waals surface area contributed by atoms with E-state index in [0.29, 0.717) is 16.8 Å². The zero-order valence-electron chi connectivity index (χ0n) is 16.7. The van der Waals surface area contributed by atoms with Gasteiger partial charge in [-0.2, -0.15) is 0 Å². The van der Waals surface area contributed by atoms with Gasteiger partial charge in [0.25, 0.3) is 10.0 Å². The standard InChI is InChI=1S/C22H24N4O3S/c1-16(27)24-17-5-4-6-18(15-17)25-30(28,29)22-10-9-21(26-13-11-23-12-14-26)19-7-2-3-8-20(19)22/h2-10,15,23,25H,11-14H2,1H3,(H,24,27). The molecule has 156 valence electrons. The lowest BCUT2D eigenvalue weighted by atomic mass is 10.1. The van der Waals surface area contributed by atoms with Crippen LogP contribution in [0.15, 0.2) is 65.6 Å². The first-order chi connectivity index (χ1) is 14.4. The van der Waals surface area contributed by atoms with Gasteiger partial charge in [0.1, 0.15) is 0 Å². The summed E-state index contributed by atoms with van der Waals surface area (Å²) in [7, 11) is -3.83. The number of nitrogens with one attached hydrogen (secondary N) is 3. The van der Waals surface area contributed by atoms with Gasteiger partial charge in [-0.05, 0) is 30.3 Å². The zero-order chi connectivity index (χ0) is 21.1. The predicted octanol–water partition coefficient (Wildman–Crippen LogP) is 3.01. The maximum Gasteiger partial charge on any atom is 0.262 e. The first kappa shape index (κ1) is 20.2. The third-order valence-corrected chi connectivity index (χ3v) is 6.48. The number of hydrogen-bond acceptors (Lipinski definition) is 5. The Hall–Kier alpha value is -3.10. The Morgan fingerprint density at radius 3 is 2.37 bits per heavy atom. The Labute approximate surface area is 176 Å². The summed E-state index contributed by atoms with van der Waals surface area (Å²) in [6.45, 7) is 4.97. The molecule has 0 aromatic heterocycles. The van der Waals surface area contributed by atoms with Crippen LogP contribution in [0.2, 0.25) is 0 Å². The van der Waals surface area contributed by atoms with Gasteiger partial charge in [-0.15, -0.1) is 0 Å². The third-order valence-electron chi connectivity index (χ3n) is 5.04. The smallest absolute Gasteiger partial charge is 0.262 e. The molecule has 0 unspecified atom stereocenters. The molecular formula is C22H24N4O3S. The van der Waals surface area contributed by atoms with Crippen LogP contribution >= 0.6 is 0 Å². The largest absolute Gasteiger partial charge is 0.368 e. The number of sulfonamides is 1. The normalized spacial score (nSPS) is 14.5.